The number of rotatable bonds is 8. The monoisotopic (exact) mass is 257 g/mol. The molecule has 0 saturated heterocycles. The van der Waals surface area contributed by atoms with E-state index in [2.05, 4.69) is 19.2 Å². The van der Waals surface area contributed by atoms with Gasteiger partial charge in [0.05, 0.1) is 6.61 Å². The van der Waals surface area contributed by atoms with Gasteiger partial charge in [-0.05, 0) is 22.9 Å². The molecule has 0 fully saturated rings. The lowest BCUT2D eigenvalue weighted by atomic mass is 10.2. The molecule has 0 amide bonds. The maximum atomic E-state index is 10.9. The van der Waals surface area contributed by atoms with Crippen molar-refractivity contribution in [2.24, 2.45) is 5.92 Å². The SMILES string of the molecule is CC(C)COCCNCc1ccsc1C(=O)O. The van der Waals surface area contributed by atoms with E-state index in [0.717, 1.165) is 18.7 Å². The normalized spacial score (nSPS) is 11.0. The van der Waals surface area contributed by atoms with Crippen LogP contribution in [0.5, 0.6) is 0 Å². The number of carboxylic acids is 1. The van der Waals surface area contributed by atoms with E-state index >= 15 is 0 Å². The van der Waals surface area contributed by atoms with Gasteiger partial charge in [0.1, 0.15) is 4.88 Å². The van der Waals surface area contributed by atoms with Crippen molar-refractivity contribution in [2.75, 3.05) is 19.8 Å². The van der Waals surface area contributed by atoms with Crippen LogP contribution in [0, 0.1) is 5.92 Å². The molecule has 1 rings (SSSR count). The highest BCUT2D eigenvalue weighted by Gasteiger charge is 2.10. The van der Waals surface area contributed by atoms with Gasteiger partial charge < -0.3 is 15.2 Å². The molecule has 0 spiro atoms. The number of ether oxygens (including phenoxy) is 1. The molecular formula is C12H19NO3S. The predicted octanol–water partition coefficient (Wildman–Crippen LogP) is 2.21. The van der Waals surface area contributed by atoms with Crippen LogP contribution >= 0.6 is 11.3 Å². The molecular weight excluding hydrogens is 238 g/mol. The maximum absolute atomic E-state index is 10.9. The van der Waals surface area contributed by atoms with Gasteiger partial charge in [-0.15, -0.1) is 11.3 Å². The zero-order valence-corrected chi connectivity index (χ0v) is 11.0. The summed E-state index contributed by atoms with van der Waals surface area (Å²) in [4.78, 5) is 11.3. The van der Waals surface area contributed by atoms with Crippen LogP contribution in [-0.2, 0) is 11.3 Å². The van der Waals surface area contributed by atoms with E-state index in [1.165, 1.54) is 11.3 Å². The Balaban J connectivity index is 2.18. The fraction of sp³-hybridized carbons (Fsp3) is 0.583. The number of carbonyl (C=O) groups is 1. The Bertz CT molecular complexity index is 349. The summed E-state index contributed by atoms with van der Waals surface area (Å²) in [7, 11) is 0. The van der Waals surface area contributed by atoms with Crippen molar-refractivity contribution >= 4 is 17.3 Å². The Hall–Kier alpha value is -0.910. The highest BCUT2D eigenvalue weighted by Crippen LogP contribution is 2.16. The van der Waals surface area contributed by atoms with Gasteiger partial charge in [0.15, 0.2) is 0 Å². The minimum absolute atomic E-state index is 0.417. The molecule has 5 heteroatoms. The molecule has 0 radical (unpaired) electrons. The van der Waals surface area contributed by atoms with Gasteiger partial charge >= 0.3 is 5.97 Å². The Morgan fingerprint density at radius 1 is 1.59 bits per heavy atom. The molecule has 17 heavy (non-hydrogen) atoms. The minimum atomic E-state index is -0.854. The first-order chi connectivity index (χ1) is 8.11. The van der Waals surface area contributed by atoms with Gasteiger partial charge in [-0.25, -0.2) is 4.79 Å². The van der Waals surface area contributed by atoms with E-state index in [9.17, 15) is 4.79 Å². The largest absolute Gasteiger partial charge is 0.477 e. The molecule has 0 aliphatic rings. The van der Waals surface area contributed by atoms with Crippen molar-refractivity contribution < 1.29 is 14.6 Å². The lowest BCUT2D eigenvalue weighted by Gasteiger charge is -2.07. The van der Waals surface area contributed by atoms with E-state index in [-0.39, 0.29) is 0 Å². The predicted molar refractivity (Wildman–Crippen MR) is 68.6 cm³/mol. The van der Waals surface area contributed by atoms with Gasteiger partial charge in [-0.1, -0.05) is 13.8 Å². The maximum Gasteiger partial charge on any atom is 0.346 e. The van der Waals surface area contributed by atoms with Crippen LogP contribution in [0.25, 0.3) is 0 Å². The Labute approximate surface area is 106 Å². The van der Waals surface area contributed by atoms with Gasteiger partial charge in [0.25, 0.3) is 0 Å². The fourth-order valence-corrected chi connectivity index (χ4v) is 2.11. The molecule has 0 bridgehead atoms. The minimum Gasteiger partial charge on any atom is -0.477 e. The average molecular weight is 257 g/mol. The molecule has 1 heterocycles. The van der Waals surface area contributed by atoms with Crippen LogP contribution < -0.4 is 5.32 Å². The fourth-order valence-electron chi connectivity index (χ4n) is 1.35. The number of thiophene rings is 1. The highest BCUT2D eigenvalue weighted by atomic mass is 32.1. The number of nitrogens with one attached hydrogen (secondary N) is 1. The second-order valence-corrected chi connectivity index (χ2v) is 5.14. The molecule has 0 aliphatic heterocycles. The third-order valence-corrected chi connectivity index (χ3v) is 3.08. The first-order valence-electron chi connectivity index (χ1n) is 5.69. The van der Waals surface area contributed by atoms with Gasteiger partial charge in [0, 0.05) is 19.7 Å². The zero-order valence-electron chi connectivity index (χ0n) is 10.2. The van der Waals surface area contributed by atoms with E-state index in [4.69, 9.17) is 9.84 Å². The van der Waals surface area contributed by atoms with Gasteiger partial charge in [0.2, 0.25) is 0 Å². The first kappa shape index (κ1) is 14.2. The summed E-state index contributed by atoms with van der Waals surface area (Å²) in [5, 5.41) is 13.9. The summed E-state index contributed by atoms with van der Waals surface area (Å²) in [6, 6.07) is 1.84. The van der Waals surface area contributed by atoms with Gasteiger partial charge in [-0.2, -0.15) is 0 Å². The number of carboxylic acid groups (broad SMARTS) is 1. The van der Waals surface area contributed by atoms with Crippen LogP contribution in [0.3, 0.4) is 0 Å². The average Bonchev–Trinajstić information content (AvgIpc) is 2.71. The summed E-state index contributed by atoms with van der Waals surface area (Å²) >= 11 is 1.26. The number of hydrogen-bond donors (Lipinski definition) is 2. The molecule has 4 nitrogen and oxygen atoms in total. The molecule has 96 valence electrons. The molecule has 1 aromatic rings. The van der Waals surface area contributed by atoms with Crippen LogP contribution in [0.15, 0.2) is 11.4 Å². The van der Waals surface area contributed by atoms with E-state index < -0.39 is 5.97 Å². The Kier molecular flexibility index (Phi) is 6.18. The van der Waals surface area contributed by atoms with Crippen molar-refractivity contribution in [1.29, 1.82) is 0 Å². The van der Waals surface area contributed by atoms with Crippen LogP contribution in [0.4, 0.5) is 0 Å². The Morgan fingerprint density at radius 2 is 2.35 bits per heavy atom. The standard InChI is InChI=1S/C12H19NO3S/c1-9(2)8-16-5-4-13-7-10-3-6-17-11(10)12(14)15/h3,6,9,13H,4-5,7-8H2,1-2H3,(H,14,15). The molecule has 2 N–H and O–H groups in total. The summed E-state index contributed by atoms with van der Waals surface area (Å²) in [5.41, 5.74) is 0.839. The zero-order chi connectivity index (χ0) is 12.7. The summed E-state index contributed by atoms with van der Waals surface area (Å²) in [6.45, 7) is 6.96. The lowest BCUT2D eigenvalue weighted by molar-refractivity contribution is 0.0701. The lowest BCUT2D eigenvalue weighted by Crippen LogP contribution is -2.20. The first-order valence-corrected chi connectivity index (χ1v) is 6.57. The summed E-state index contributed by atoms with van der Waals surface area (Å²) < 4.78 is 5.42. The topological polar surface area (TPSA) is 58.6 Å². The van der Waals surface area contributed by atoms with Crippen LogP contribution in [0.1, 0.15) is 29.1 Å². The number of hydrogen-bond acceptors (Lipinski definition) is 4. The van der Waals surface area contributed by atoms with E-state index in [1.54, 1.807) is 5.38 Å². The van der Waals surface area contributed by atoms with Crippen molar-refractivity contribution in [3.05, 3.63) is 21.9 Å². The highest BCUT2D eigenvalue weighted by molar-refractivity contribution is 7.12. The van der Waals surface area contributed by atoms with Gasteiger partial charge in [-0.3, -0.25) is 0 Å². The molecule has 0 unspecified atom stereocenters. The quantitative estimate of drug-likeness (QED) is 0.701. The van der Waals surface area contributed by atoms with Crippen molar-refractivity contribution in [1.82, 2.24) is 5.32 Å². The van der Waals surface area contributed by atoms with E-state index in [0.29, 0.717) is 23.9 Å². The van der Waals surface area contributed by atoms with Crippen molar-refractivity contribution in [2.45, 2.75) is 20.4 Å². The van der Waals surface area contributed by atoms with Crippen LogP contribution in [0.2, 0.25) is 0 Å². The van der Waals surface area contributed by atoms with Crippen molar-refractivity contribution in [3.8, 4) is 0 Å². The summed E-state index contributed by atoms with van der Waals surface area (Å²) in [6.07, 6.45) is 0. The number of aromatic carboxylic acids is 1. The third kappa shape index (κ3) is 5.30. The Morgan fingerprint density at radius 3 is 3.00 bits per heavy atom. The van der Waals surface area contributed by atoms with Crippen LogP contribution in [-0.4, -0.2) is 30.8 Å². The smallest absolute Gasteiger partial charge is 0.346 e. The molecule has 0 aliphatic carbocycles. The molecule has 0 aromatic carbocycles. The van der Waals surface area contributed by atoms with E-state index in [1.807, 2.05) is 6.07 Å². The molecule has 0 saturated carbocycles. The molecule has 1 aromatic heterocycles. The van der Waals surface area contributed by atoms with Crippen molar-refractivity contribution in [3.63, 3.8) is 0 Å². The summed E-state index contributed by atoms with van der Waals surface area (Å²) in [5.74, 6) is -0.307. The second-order valence-electron chi connectivity index (χ2n) is 4.23. The second kappa shape index (κ2) is 7.42. The third-order valence-electron chi connectivity index (χ3n) is 2.13. The molecule has 0 atom stereocenters.